The number of carboxylic acids is 1. The molecule has 1 aliphatic carbocycles. The fourth-order valence-electron chi connectivity index (χ4n) is 2.41. The Bertz CT molecular complexity index is 596. The molecule has 2 rings (SSSR count). The molecule has 3 N–H and O–H groups in total. The zero-order valence-corrected chi connectivity index (χ0v) is 12.9. The number of amides is 2. The number of carbonyl (C=O) groups is 3. The number of rotatable bonds is 7. The van der Waals surface area contributed by atoms with Crippen molar-refractivity contribution in [3.05, 3.63) is 29.8 Å². The van der Waals surface area contributed by atoms with Gasteiger partial charge in [-0.1, -0.05) is 12.1 Å². The topological polar surface area (TPSA) is 105 Å². The van der Waals surface area contributed by atoms with Crippen LogP contribution in [0, 0.1) is 5.92 Å². The van der Waals surface area contributed by atoms with Crippen molar-refractivity contribution in [1.82, 2.24) is 10.6 Å². The summed E-state index contributed by atoms with van der Waals surface area (Å²) in [5, 5.41) is 14.0. The standard InChI is InChI=1S/C16H20N2O5/c1-2-23-13-6-4-3-5-12(13)15(20)17-9-14(19)18-11-7-10(8-11)16(21)22/h3-6,10-11H,2,7-9H2,1H3,(H,17,20)(H,18,19)(H,21,22). The van der Waals surface area contributed by atoms with Gasteiger partial charge in [-0.25, -0.2) is 0 Å². The Kier molecular flexibility index (Phi) is 5.56. The van der Waals surface area contributed by atoms with Gasteiger partial charge >= 0.3 is 5.97 Å². The second kappa shape index (κ2) is 7.62. The maximum atomic E-state index is 12.1. The van der Waals surface area contributed by atoms with Gasteiger partial charge in [0.15, 0.2) is 0 Å². The van der Waals surface area contributed by atoms with E-state index in [1.165, 1.54) is 0 Å². The fourth-order valence-corrected chi connectivity index (χ4v) is 2.41. The van der Waals surface area contributed by atoms with Crippen molar-refractivity contribution in [1.29, 1.82) is 0 Å². The van der Waals surface area contributed by atoms with Crippen molar-refractivity contribution in [2.24, 2.45) is 5.92 Å². The summed E-state index contributed by atoms with van der Waals surface area (Å²) in [6, 6.07) is 6.68. The molecule has 7 nitrogen and oxygen atoms in total. The van der Waals surface area contributed by atoms with E-state index >= 15 is 0 Å². The Morgan fingerprint density at radius 3 is 2.61 bits per heavy atom. The minimum absolute atomic E-state index is 0.129. The van der Waals surface area contributed by atoms with Crippen LogP contribution >= 0.6 is 0 Å². The summed E-state index contributed by atoms with van der Waals surface area (Å²) in [5.74, 6) is -1.47. The molecule has 0 saturated heterocycles. The first-order chi connectivity index (χ1) is 11.0. The lowest BCUT2D eigenvalue weighted by Crippen LogP contribution is -2.49. The smallest absolute Gasteiger partial charge is 0.306 e. The molecule has 1 fully saturated rings. The predicted octanol–water partition coefficient (Wildman–Crippen LogP) is 0.794. The summed E-state index contributed by atoms with van der Waals surface area (Å²) >= 11 is 0. The number of hydrogen-bond acceptors (Lipinski definition) is 4. The number of carbonyl (C=O) groups excluding carboxylic acids is 2. The van der Waals surface area contributed by atoms with E-state index in [-0.39, 0.29) is 30.3 Å². The zero-order chi connectivity index (χ0) is 16.8. The molecular weight excluding hydrogens is 300 g/mol. The molecule has 1 aromatic carbocycles. The number of para-hydroxylation sites is 1. The molecule has 23 heavy (non-hydrogen) atoms. The number of benzene rings is 1. The predicted molar refractivity (Wildman–Crippen MR) is 82.2 cm³/mol. The second-order valence-corrected chi connectivity index (χ2v) is 5.38. The number of nitrogens with one attached hydrogen (secondary N) is 2. The summed E-state index contributed by atoms with van der Waals surface area (Å²) in [4.78, 5) is 34.6. The fraction of sp³-hybridized carbons (Fsp3) is 0.438. The van der Waals surface area contributed by atoms with Crippen LogP contribution in [0.25, 0.3) is 0 Å². The molecule has 1 saturated carbocycles. The average molecular weight is 320 g/mol. The van der Waals surface area contributed by atoms with E-state index in [0.717, 1.165) is 0 Å². The van der Waals surface area contributed by atoms with E-state index in [1.54, 1.807) is 24.3 Å². The molecule has 7 heteroatoms. The quantitative estimate of drug-likeness (QED) is 0.689. The highest BCUT2D eigenvalue weighted by molar-refractivity contribution is 5.98. The molecule has 0 unspecified atom stereocenters. The van der Waals surface area contributed by atoms with Crippen molar-refractivity contribution < 1.29 is 24.2 Å². The minimum Gasteiger partial charge on any atom is -0.493 e. The van der Waals surface area contributed by atoms with Crippen molar-refractivity contribution in [3.8, 4) is 5.75 Å². The third-order valence-electron chi connectivity index (χ3n) is 3.69. The molecule has 2 amide bonds. The monoisotopic (exact) mass is 320 g/mol. The van der Waals surface area contributed by atoms with Crippen molar-refractivity contribution >= 4 is 17.8 Å². The van der Waals surface area contributed by atoms with Gasteiger partial charge in [0, 0.05) is 6.04 Å². The van der Waals surface area contributed by atoms with Crippen molar-refractivity contribution in [3.63, 3.8) is 0 Å². The van der Waals surface area contributed by atoms with E-state index in [1.807, 2.05) is 6.92 Å². The highest BCUT2D eigenvalue weighted by Crippen LogP contribution is 2.27. The third-order valence-corrected chi connectivity index (χ3v) is 3.69. The van der Waals surface area contributed by atoms with E-state index in [0.29, 0.717) is 30.8 Å². The van der Waals surface area contributed by atoms with Crippen LogP contribution in [0.4, 0.5) is 0 Å². The molecule has 0 aliphatic heterocycles. The van der Waals surface area contributed by atoms with Crippen LogP contribution in [0.15, 0.2) is 24.3 Å². The molecule has 0 heterocycles. The average Bonchev–Trinajstić information content (AvgIpc) is 2.48. The van der Waals surface area contributed by atoms with E-state index < -0.39 is 5.97 Å². The minimum atomic E-state index is -0.837. The SMILES string of the molecule is CCOc1ccccc1C(=O)NCC(=O)NC1CC(C(=O)O)C1. The van der Waals surface area contributed by atoms with Gasteiger partial charge < -0.3 is 20.5 Å². The number of carboxylic acid groups (broad SMARTS) is 1. The Hall–Kier alpha value is -2.57. The van der Waals surface area contributed by atoms with Crippen LogP contribution in [0.2, 0.25) is 0 Å². The first-order valence-electron chi connectivity index (χ1n) is 7.53. The van der Waals surface area contributed by atoms with Gasteiger partial charge in [0.05, 0.1) is 24.6 Å². The summed E-state index contributed by atoms with van der Waals surface area (Å²) in [6.07, 6.45) is 0.865. The second-order valence-electron chi connectivity index (χ2n) is 5.38. The van der Waals surface area contributed by atoms with Crippen LogP contribution in [0.5, 0.6) is 5.75 Å². The zero-order valence-electron chi connectivity index (χ0n) is 12.9. The largest absolute Gasteiger partial charge is 0.493 e. The van der Waals surface area contributed by atoms with Gasteiger partial charge in [-0.2, -0.15) is 0 Å². The maximum absolute atomic E-state index is 12.1. The molecule has 0 atom stereocenters. The van der Waals surface area contributed by atoms with Gasteiger partial charge in [0.25, 0.3) is 5.91 Å². The Morgan fingerprint density at radius 1 is 1.26 bits per heavy atom. The molecule has 124 valence electrons. The van der Waals surface area contributed by atoms with Gasteiger partial charge in [0.1, 0.15) is 5.75 Å². The highest BCUT2D eigenvalue weighted by Gasteiger charge is 2.35. The van der Waals surface area contributed by atoms with Crippen LogP contribution in [0.1, 0.15) is 30.1 Å². The van der Waals surface area contributed by atoms with E-state index in [2.05, 4.69) is 10.6 Å². The van der Waals surface area contributed by atoms with E-state index in [9.17, 15) is 14.4 Å². The Morgan fingerprint density at radius 2 is 1.96 bits per heavy atom. The summed E-state index contributed by atoms with van der Waals surface area (Å²) in [5.41, 5.74) is 0.372. The highest BCUT2D eigenvalue weighted by atomic mass is 16.5. The van der Waals surface area contributed by atoms with Gasteiger partial charge in [0.2, 0.25) is 5.91 Å². The Labute approximate surface area is 134 Å². The summed E-state index contributed by atoms with van der Waals surface area (Å²) in [6.45, 7) is 2.11. The normalized spacial score (nSPS) is 19.3. The molecular formula is C16H20N2O5. The Balaban J connectivity index is 1.78. The molecule has 1 aromatic rings. The van der Waals surface area contributed by atoms with E-state index in [4.69, 9.17) is 9.84 Å². The third kappa shape index (κ3) is 4.45. The molecule has 0 aromatic heterocycles. The van der Waals surface area contributed by atoms with Crippen molar-refractivity contribution in [2.45, 2.75) is 25.8 Å². The van der Waals surface area contributed by atoms with Crippen LogP contribution in [-0.4, -0.2) is 42.1 Å². The lowest BCUT2D eigenvalue weighted by atomic mass is 9.80. The number of hydrogen-bond donors (Lipinski definition) is 3. The molecule has 0 bridgehead atoms. The van der Waals surface area contributed by atoms with Crippen LogP contribution in [0.3, 0.4) is 0 Å². The number of aliphatic carboxylic acids is 1. The first kappa shape index (κ1) is 16.8. The van der Waals surface area contributed by atoms with Crippen LogP contribution < -0.4 is 15.4 Å². The first-order valence-corrected chi connectivity index (χ1v) is 7.53. The molecule has 1 aliphatic rings. The lowest BCUT2D eigenvalue weighted by molar-refractivity contribution is -0.146. The van der Waals surface area contributed by atoms with Gasteiger partial charge in [-0.3, -0.25) is 14.4 Å². The lowest BCUT2D eigenvalue weighted by Gasteiger charge is -2.32. The summed E-state index contributed by atoms with van der Waals surface area (Å²) < 4.78 is 5.37. The maximum Gasteiger partial charge on any atom is 0.306 e. The van der Waals surface area contributed by atoms with Gasteiger partial charge in [-0.15, -0.1) is 0 Å². The van der Waals surface area contributed by atoms with Crippen LogP contribution in [-0.2, 0) is 9.59 Å². The van der Waals surface area contributed by atoms with Crippen molar-refractivity contribution in [2.75, 3.05) is 13.2 Å². The summed E-state index contributed by atoms with van der Waals surface area (Å²) in [7, 11) is 0. The number of ether oxygens (including phenoxy) is 1. The molecule has 0 radical (unpaired) electrons. The molecule has 0 spiro atoms. The van der Waals surface area contributed by atoms with Gasteiger partial charge in [-0.05, 0) is 31.9 Å².